The molecule has 0 unspecified atom stereocenters. The van der Waals surface area contributed by atoms with E-state index in [4.69, 9.17) is 5.73 Å². The maximum Gasteiger partial charge on any atom is 0.0958 e. The highest BCUT2D eigenvalue weighted by atomic mass is 15.0. The molecule has 1 heterocycles. The number of fused-ring (bicyclic) bond motifs is 1. The van der Waals surface area contributed by atoms with Gasteiger partial charge in [0.25, 0.3) is 0 Å². The lowest BCUT2D eigenvalue weighted by Gasteiger charge is -2.04. The first-order chi connectivity index (χ1) is 7.22. The van der Waals surface area contributed by atoms with Crippen LogP contribution in [-0.4, -0.2) is 16.1 Å². The predicted octanol–water partition coefficient (Wildman–Crippen LogP) is 2.00. The first-order valence-electron chi connectivity index (χ1n) is 5.34. The summed E-state index contributed by atoms with van der Waals surface area (Å²) in [6.45, 7) is 5.93. The number of aryl methyl sites for hydroxylation is 3. The summed E-state index contributed by atoms with van der Waals surface area (Å²) >= 11 is 0. The third-order valence-corrected chi connectivity index (χ3v) is 2.84. The smallest absolute Gasteiger partial charge is 0.0958 e. The highest BCUT2D eigenvalue weighted by Gasteiger charge is 2.04. The number of rotatable bonds is 3. The lowest BCUT2D eigenvalue weighted by molar-refractivity contribution is 0.665. The van der Waals surface area contributed by atoms with Gasteiger partial charge in [-0.15, -0.1) is 0 Å². The van der Waals surface area contributed by atoms with Gasteiger partial charge in [-0.2, -0.15) is 0 Å². The van der Waals surface area contributed by atoms with Gasteiger partial charge in [0.05, 0.1) is 17.4 Å². The fraction of sp³-hybridized carbons (Fsp3) is 0.417. The van der Waals surface area contributed by atoms with Crippen molar-refractivity contribution in [2.24, 2.45) is 5.73 Å². The Morgan fingerprint density at radius 3 is 2.73 bits per heavy atom. The van der Waals surface area contributed by atoms with Gasteiger partial charge in [-0.05, 0) is 50.1 Å². The van der Waals surface area contributed by atoms with Crippen molar-refractivity contribution < 1.29 is 0 Å². The quantitative estimate of drug-likeness (QED) is 0.829. The average Bonchev–Trinajstić information content (AvgIpc) is 2.59. The second kappa shape index (κ2) is 4.03. The molecule has 2 aromatic rings. The molecule has 80 valence electrons. The number of benzene rings is 1. The molecule has 0 bridgehead atoms. The number of imidazole rings is 1. The van der Waals surface area contributed by atoms with Crippen molar-refractivity contribution in [3.8, 4) is 0 Å². The second-order valence-corrected chi connectivity index (χ2v) is 4.01. The van der Waals surface area contributed by atoms with E-state index in [9.17, 15) is 0 Å². The Morgan fingerprint density at radius 2 is 2.00 bits per heavy atom. The molecule has 2 N–H and O–H groups in total. The van der Waals surface area contributed by atoms with Crippen LogP contribution in [0, 0.1) is 13.8 Å². The fourth-order valence-electron chi connectivity index (χ4n) is 1.75. The van der Waals surface area contributed by atoms with Gasteiger partial charge in [0.1, 0.15) is 0 Å². The topological polar surface area (TPSA) is 43.8 Å². The van der Waals surface area contributed by atoms with Gasteiger partial charge in [0, 0.05) is 6.54 Å². The molecule has 15 heavy (non-hydrogen) atoms. The zero-order valence-electron chi connectivity index (χ0n) is 9.33. The highest BCUT2D eigenvalue weighted by molar-refractivity contribution is 5.77. The third-order valence-electron chi connectivity index (χ3n) is 2.84. The van der Waals surface area contributed by atoms with Crippen LogP contribution in [0.15, 0.2) is 18.5 Å². The standard InChI is InChI=1S/C12H17N3/c1-9-6-11-12(7-10(9)2)15(8-14-11)5-3-4-13/h6-8H,3-5,13H2,1-2H3. The number of nitrogens with two attached hydrogens (primary N) is 1. The minimum atomic E-state index is 0.727. The lowest BCUT2D eigenvalue weighted by Crippen LogP contribution is -2.04. The van der Waals surface area contributed by atoms with Crippen LogP contribution in [0.1, 0.15) is 17.5 Å². The van der Waals surface area contributed by atoms with Crippen LogP contribution in [0.5, 0.6) is 0 Å². The maximum atomic E-state index is 5.51. The first kappa shape index (κ1) is 10.2. The van der Waals surface area contributed by atoms with Crippen molar-refractivity contribution in [1.29, 1.82) is 0 Å². The Kier molecular flexibility index (Phi) is 2.73. The molecule has 0 saturated heterocycles. The van der Waals surface area contributed by atoms with E-state index in [1.807, 2.05) is 6.33 Å². The molecule has 0 aliphatic carbocycles. The van der Waals surface area contributed by atoms with Gasteiger partial charge < -0.3 is 10.3 Å². The molecule has 0 fully saturated rings. The Balaban J connectivity index is 2.45. The van der Waals surface area contributed by atoms with E-state index in [1.165, 1.54) is 16.6 Å². The molecule has 2 rings (SSSR count). The number of hydrogen-bond acceptors (Lipinski definition) is 2. The van der Waals surface area contributed by atoms with Crippen LogP contribution in [0.3, 0.4) is 0 Å². The summed E-state index contributed by atoms with van der Waals surface area (Å²) in [7, 11) is 0. The van der Waals surface area contributed by atoms with Crippen molar-refractivity contribution >= 4 is 11.0 Å². The monoisotopic (exact) mass is 203 g/mol. The van der Waals surface area contributed by atoms with E-state index in [1.54, 1.807) is 0 Å². The van der Waals surface area contributed by atoms with Gasteiger partial charge in [0.15, 0.2) is 0 Å². The minimum Gasteiger partial charge on any atom is -0.331 e. The van der Waals surface area contributed by atoms with Crippen molar-refractivity contribution in [2.45, 2.75) is 26.8 Å². The van der Waals surface area contributed by atoms with Crippen molar-refractivity contribution in [1.82, 2.24) is 9.55 Å². The summed E-state index contributed by atoms with van der Waals surface area (Å²) in [5.41, 5.74) is 10.4. The van der Waals surface area contributed by atoms with E-state index in [2.05, 4.69) is 35.5 Å². The summed E-state index contributed by atoms with van der Waals surface area (Å²) < 4.78 is 2.18. The molecule has 3 nitrogen and oxygen atoms in total. The number of aromatic nitrogens is 2. The highest BCUT2D eigenvalue weighted by Crippen LogP contribution is 2.18. The SMILES string of the molecule is Cc1cc2ncn(CCCN)c2cc1C. The molecular formula is C12H17N3. The van der Waals surface area contributed by atoms with Gasteiger partial charge in [-0.1, -0.05) is 0 Å². The largest absolute Gasteiger partial charge is 0.331 e. The lowest BCUT2D eigenvalue weighted by atomic mass is 10.1. The molecular weight excluding hydrogens is 186 g/mol. The Labute approximate surface area is 89.9 Å². The van der Waals surface area contributed by atoms with Gasteiger partial charge in [-0.3, -0.25) is 0 Å². The maximum absolute atomic E-state index is 5.51. The Hall–Kier alpha value is -1.35. The molecule has 0 aliphatic heterocycles. The fourth-order valence-corrected chi connectivity index (χ4v) is 1.75. The van der Waals surface area contributed by atoms with Crippen molar-refractivity contribution in [3.63, 3.8) is 0 Å². The van der Waals surface area contributed by atoms with E-state index in [-0.39, 0.29) is 0 Å². The van der Waals surface area contributed by atoms with Crippen LogP contribution in [-0.2, 0) is 6.54 Å². The zero-order chi connectivity index (χ0) is 10.8. The van der Waals surface area contributed by atoms with Gasteiger partial charge in [0.2, 0.25) is 0 Å². The van der Waals surface area contributed by atoms with Crippen LogP contribution >= 0.6 is 0 Å². The Bertz CT molecular complexity index is 471. The molecule has 1 aromatic carbocycles. The summed E-state index contributed by atoms with van der Waals surface area (Å²) in [6, 6.07) is 4.35. The van der Waals surface area contributed by atoms with E-state index < -0.39 is 0 Å². The molecule has 1 aromatic heterocycles. The molecule has 0 saturated carbocycles. The van der Waals surface area contributed by atoms with Gasteiger partial charge >= 0.3 is 0 Å². The molecule has 0 atom stereocenters. The summed E-state index contributed by atoms with van der Waals surface area (Å²) in [4.78, 5) is 4.40. The second-order valence-electron chi connectivity index (χ2n) is 4.01. The summed E-state index contributed by atoms with van der Waals surface area (Å²) in [5.74, 6) is 0. The minimum absolute atomic E-state index is 0.727. The third kappa shape index (κ3) is 1.88. The molecule has 0 radical (unpaired) electrons. The zero-order valence-corrected chi connectivity index (χ0v) is 9.33. The van der Waals surface area contributed by atoms with E-state index in [0.29, 0.717) is 0 Å². The van der Waals surface area contributed by atoms with Crippen LogP contribution < -0.4 is 5.73 Å². The molecule has 3 heteroatoms. The average molecular weight is 203 g/mol. The van der Waals surface area contributed by atoms with Gasteiger partial charge in [-0.25, -0.2) is 4.98 Å². The number of nitrogens with zero attached hydrogens (tertiary/aromatic N) is 2. The van der Waals surface area contributed by atoms with Crippen molar-refractivity contribution in [2.75, 3.05) is 6.54 Å². The van der Waals surface area contributed by atoms with E-state index in [0.717, 1.165) is 25.0 Å². The van der Waals surface area contributed by atoms with Crippen LogP contribution in [0.2, 0.25) is 0 Å². The Morgan fingerprint density at radius 1 is 1.27 bits per heavy atom. The normalized spacial score (nSPS) is 11.1. The molecule has 0 amide bonds. The van der Waals surface area contributed by atoms with E-state index >= 15 is 0 Å². The molecule has 0 spiro atoms. The predicted molar refractivity (Wildman–Crippen MR) is 62.9 cm³/mol. The van der Waals surface area contributed by atoms with Crippen molar-refractivity contribution in [3.05, 3.63) is 29.6 Å². The number of hydrogen-bond donors (Lipinski definition) is 1. The van der Waals surface area contributed by atoms with Crippen LogP contribution in [0.25, 0.3) is 11.0 Å². The summed E-state index contributed by atoms with van der Waals surface area (Å²) in [6.07, 6.45) is 2.90. The van der Waals surface area contributed by atoms with Crippen LogP contribution in [0.4, 0.5) is 0 Å². The first-order valence-corrected chi connectivity index (χ1v) is 5.34. The summed E-state index contributed by atoms with van der Waals surface area (Å²) in [5, 5.41) is 0. The molecule has 0 aliphatic rings.